The van der Waals surface area contributed by atoms with Crippen molar-refractivity contribution in [1.82, 2.24) is 9.62 Å². The minimum Gasteiger partial charge on any atom is -0.341 e. The molecule has 21 heavy (non-hydrogen) atoms. The Kier molecular flexibility index (Phi) is 5.00. The van der Waals surface area contributed by atoms with Gasteiger partial charge in [-0.15, -0.1) is 0 Å². The van der Waals surface area contributed by atoms with Crippen LogP contribution in [0.3, 0.4) is 0 Å². The zero-order valence-corrected chi connectivity index (χ0v) is 13.3. The zero-order chi connectivity index (χ0) is 15.5. The molecule has 6 heteroatoms. The standard InChI is InChI=1S/C15H22N2O3S/c1-16-21(19,20)14-9-5-8-13(10-14)15(18)17(2)11-12-6-3-4-7-12/h5,8-10,12,16H,3-4,6-7,11H2,1-2H3. The van der Waals surface area contributed by atoms with Crippen LogP contribution < -0.4 is 4.72 Å². The van der Waals surface area contributed by atoms with Crippen LogP contribution >= 0.6 is 0 Å². The van der Waals surface area contributed by atoms with E-state index in [0.717, 1.165) is 6.54 Å². The van der Waals surface area contributed by atoms with Crippen LogP contribution in [0, 0.1) is 5.92 Å². The van der Waals surface area contributed by atoms with Gasteiger partial charge in [0.05, 0.1) is 4.90 Å². The molecule has 0 aromatic heterocycles. The molecule has 0 atom stereocenters. The maximum Gasteiger partial charge on any atom is 0.253 e. The van der Waals surface area contributed by atoms with Crippen molar-refractivity contribution in [3.05, 3.63) is 29.8 Å². The van der Waals surface area contributed by atoms with E-state index in [9.17, 15) is 13.2 Å². The lowest BCUT2D eigenvalue weighted by Crippen LogP contribution is -2.31. The molecule has 2 rings (SSSR count). The zero-order valence-electron chi connectivity index (χ0n) is 12.5. The van der Waals surface area contributed by atoms with E-state index in [0.29, 0.717) is 11.5 Å². The molecule has 0 aliphatic heterocycles. The Balaban J connectivity index is 2.13. The average Bonchev–Trinajstić information content (AvgIpc) is 2.99. The predicted octanol–water partition coefficient (Wildman–Crippen LogP) is 1.86. The minimum atomic E-state index is -3.52. The summed E-state index contributed by atoms with van der Waals surface area (Å²) in [7, 11) is -0.388. The summed E-state index contributed by atoms with van der Waals surface area (Å²) in [6.07, 6.45) is 4.82. The highest BCUT2D eigenvalue weighted by atomic mass is 32.2. The Morgan fingerprint density at radius 3 is 2.62 bits per heavy atom. The molecule has 0 heterocycles. The Morgan fingerprint density at radius 1 is 1.33 bits per heavy atom. The fourth-order valence-corrected chi connectivity index (χ4v) is 3.57. The van der Waals surface area contributed by atoms with Crippen LogP contribution in [0.1, 0.15) is 36.0 Å². The monoisotopic (exact) mass is 310 g/mol. The number of hydrogen-bond donors (Lipinski definition) is 1. The maximum absolute atomic E-state index is 12.4. The fraction of sp³-hybridized carbons (Fsp3) is 0.533. The van der Waals surface area contributed by atoms with Crippen molar-refractivity contribution in [3.8, 4) is 0 Å². The van der Waals surface area contributed by atoms with Gasteiger partial charge in [-0.2, -0.15) is 0 Å². The van der Waals surface area contributed by atoms with Gasteiger partial charge in [-0.05, 0) is 44.0 Å². The maximum atomic E-state index is 12.4. The van der Waals surface area contributed by atoms with Crippen LogP contribution in [0.5, 0.6) is 0 Å². The first kappa shape index (κ1) is 16.0. The molecule has 1 fully saturated rings. The highest BCUT2D eigenvalue weighted by Gasteiger charge is 2.21. The van der Waals surface area contributed by atoms with Gasteiger partial charge in [-0.1, -0.05) is 18.9 Å². The molecule has 0 spiro atoms. The van der Waals surface area contributed by atoms with Crippen LogP contribution in [0.15, 0.2) is 29.2 Å². The molecule has 1 N–H and O–H groups in total. The van der Waals surface area contributed by atoms with Crippen molar-refractivity contribution in [2.24, 2.45) is 5.92 Å². The van der Waals surface area contributed by atoms with Crippen molar-refractivity contribution < 1.29 is 13.2 Å². The molecule has 1 amide bonds. The Morgan fingerprint density at radius 2 is 2.00 bits per heavy atom. The van der Waals surface area contributed by atoms with Crippen LogP contribution in [0.25, 0.3) is 0 Å². The largest absolute Gasteiger partial charge is 0.341 e. The summed E-state index contributed by atoms with van der Waals surface area (Å²) in [4.78, 5) is 14.2. The Hall–Kier alpha value is -1.40. The summed E-state index contributed by atoms with van der Waals surface area (Å²) in [6, 6.07) is 6.17. The van der Waals surface area contributed by atoms with Crippen LogP contribution in [0.4, 0.5) is 0 Å². The quantitative estimate of drug-likeness (QED) is 0.902. The van der Waals surface area contributed by atoms with Gasteiger partial charge in [-0.3, -0.25) is 4.79 Å². The molecule has 0 unspecified atom stereocenters. The molecule has 0 bridgehead atoms. The lowest BCUT2D eigenvalue weighted by molar-refractivity contribution is 0.0773. The van der Waals surface area contributed by atoms with Gasteiger partial charge in [0.25, 0.3) is 5.91 Å². The van der Waals surface area contributed by atoms with E-state index in [4.69, 9.17) is 0 Å². The predicted molar refractivity (Wildman–Crippen MR) is 81.6 cm³/mol. The summed E-state index contributed by atoms with van der Waals surface area (Å²) >= 11 is 0. The second kappa shape index (κ2) is 6.58. The fourth-order valence-electron chi connectivity index (χ4n) is 2.80. The molecule has 116 valence electrons. The normalized spacial score (nSPS) is 16.1. The minimum absolute atomic E-state index is 0.116. The van der Waals surface area contributed by atoms with Crippen molar-refractivity contribution >= 4 is 15.9 Å². The van der Waals surface area contributed by atoms with Crippen LogP contribution in [-0.2, 0) is 10.0 Å². The molecule has 1 aliphatic carbocycles. The number of hydrogen-bond acceptors (Lipinski definition) is 3. The van der Waals surface area contributed by atoms with E-state index in [-0.39, 0.29) is 10.8 Å². The third-order valence-electron chi connectivity index (χ3n) is 4.01. The van der Waals surface area contributed by atoms with Crippen LogP contribution in [-0.4, -0.2) is 39.9 Å². The van der Waals surface area contributed by atoms with Crippen molar-refractivity contribution in [2.45, 2.75) is 30.6 Å². The first-order chi connectivity index (χ1) is 9.94. The number of carbonyl (C=O) groups is 1. The molecule has 1 aromatic carbocycles. The van der Waals surface area contributed by atoms with Gasteiger partial charge in [0.2, 0.25) is 10.0 Å². The summed E-state index contributed by atoms with van der Waals surface area (Å²) in [6.45, 7) is 0.738. The van der Waals surface area contributed by atoms with E-state index in [2.05, 4.69) is 4.72 Å². The highest BCUT2D eigenvalue weighted by Crippen LogP contribution is 2.25. The van der Waals surface area contributed by atoms with Gasteiger partial charge >= 0.3 is 0 Å². The number of benzene rings is 1. The lowest BCUT2D eigenvalue weighted by Gasteiger charge is -2.21. The van der Waals surface area contributed by atoms with Gasteiger partial charge in [0.1, 0.15) is 0 Å². The first-order valence-electron chi connectivity index (χ1n) is 7.23. The molecular weight excluding hydrogens is 288 g/mol. The second-order valence-electron chi connectivity index (χ2n) is 5.57. The van der Waals surface area contributed by atoms with E-state index < -0.39 is 10.0 Å². The molecule has 1 aromatic rings. The first-order valence-corrected chi connectivity index (χ1v) is 8.71. The van der Waals surface area contributed by atoms with Crippen molar-refractivity contribution in [1.29, 1.82) is 0 Å². The Labute approximate surface area is 126 Å². The van der Waals surface area contributed by atoms with E-state index in [1.54, 1.807) is 24.1 Å². The average molecular weight is 310 g/mol. The second-order valence-corrected chi connectivity index (χ2v) is 7.46. The van der Waals surface area contributed by atoms with Crippen LogP contribution in [0.2, 0.25) is 0 Å². The molecule has 5 nitrogen and oxygen atoms in total. The smallest absolute Gasteiger partial charge is 0.253 e. The van der Waals surface area contributed by atoms with Gasteiger partial charge in [0.15, 0.2) is 0 Å². The highest BCUT2D eigenvalue weighted by molar-refractivity contribution is 7.89. The SMILES string of the molecule is CNS(=O)(=O)c1cccc(C(=O)N(C)CC2CCCC2)c1. The third kappa shape index (κ3) is 3.83. The topological polar surface area (TPSA) is 66.5 Å². The van der Waals surface area contributed by atoms with E-state index in [1.165, 1.54) is 44.9 Å². The molecular formula is C15H22N2O3S. The summed E-state index contributed by atoms with van der Waals surface area (Å²) in [5.41, 5.74) is 0.409. The van der Waals surface area contributed by atoms with E-state index >= 15 is 0 Å². The van der Waals surface area contributed by atoms with Gasteiger partial charge < -0.3 is 4.90 Å². The summed E-state index contributed by atoms with van der Waals surface area (Å²) in [5, 5.41) is 0. The molecule has 0 saturated heterocycles. The third-order valence-corrected chi connectivity index (χ3v) is 5.43. The molecule has 0 radical (unpaired) electrons. The molecule has 1 saturated carbocycles. The Bertz CT molecular complexity index is 607. The number of rotatable bonds is 5. The number of sulfonamides is 1. The number of carbonyl (C=O) groups excluding carboxylic acids is 1. The lowest BCUT2D eigenvalue weighted by atomic mass is 10.1. The number of amides is 1. The summed E-state index contributed by atoms with van der Waals surface area (Å²) in [5.74, 6) is 0.443. The van der Waals surface area contributed by atoms with Gasteiger partial charge in [0, 0.05) is 19.2 Å². The summed E-state index contributed by atoms with van der Waals surface area (Å²) < 4.78 is 25.8. The molecule has 1 aliphatic rings. The number of nitrogens with one attached hydrogen (secondary N) is 1. The van der Waals surface area contributed by atoms with E-state index in [1.807, 2.05) is 0 Å². The number of nitrogens with zero attached hydrogens (tertiary/aromatic N) is 1. The van der Waals surface area contributed by atoms with Crippen molar-refractivity contribution in [3.63, 3.8) is 0 Å². The van der Waals surface area contributed by atoms with Crippen molar-refractivity contribution in [2.75, 3.05) is 20.6 Å². The van der Waals surface area contributed by atoms with Gasteiger partial charge in [-0.25, -0.2) is 13.1 Å².